The van der Waals surface area contributed by atoms with Gasteiger partial charge < -0.3 is 14.7 Å². The number of anilines is 1. The Labute approximate surface area is 168 Å². The number of carbonyl (C=O) groups excluding carboxylic acids is 1. The molecule has 1 aliphatic rings. The fourth-order valence-electron chi connectivity index (χ4n) is 2.88. The summed E-state index contributed by atoms with van der Waals surface area (Å²) in [7, 11) is 0. The van der Waals surface area contributed by atoms with Crippen LogP contribution in [0.2, 0.25) is 0 Å². The minimum Gasteiger partial charge on any atom is -0.488 e. The molecule has 1 aromatic carbocycles. The lowest BCUT2D eigenvalue weighted by Gasteiger charge is -2.19. The van der Waals surface area contributed by atoms with Gasteiger partial charge in [0.2, 0.25) is 0 Å². The number of carboxylic acids is 1. The number of urea groups is 1. The van der Waals surface area contributed by atoms with Crippen molar-refractivity contribution in [3.63, 3.8) is 0 Å². The maximum atomic E-state index is 13.1. The molecule has 0 bridgehead atoms. The van der Waals surface area contributed by atoms with Crippen molar-refractivity contribution in [3.05, 3.63) is 40.9 Å². The van der Waals surface area contributed by atoms with Gasteiger partial charge in [-0.15, -0.1) is 11.3 Å². The van der Waals surface area contributed by atoms with Crippen LogP contribution >= 0.6 is 11.3 Å². The number of carboxylic acid groups (broad SMARTS) is 1. The van der Waals surface area contributed by atoms with Crippen LogP contribution in [0.15, 0.2) is 29.6 Å². The molecule has 2 heterocycles. The number of para-hydroxylation sites is 1. The van der Waals surface area contributed by atoms with Gasteiger partial charge in [0.15, 0.2) is 5.13 Å². The summed E-state index contributed by atoms with van der Waals surface area (Å²) >= 11 is 1.18. The molecule has 11 heteroatoms. The maximum absolute atomic E-state index is 13.1. The molecular formula is C18H18F3N3O4S. The lowest BCUT2D eigenvalue weighted by molar-refractivity contribution is -0.139. The number of carbonyl (C=O) groups is 2. The zero-order chi connectivity index (χ0) is 21.0. The summed E-state index contributed by atoms with van der Waals surface area (Å²) in [5.41, 5.74) is -0.279. The van der Waals surface area contributed by atoms with Crippen molar-refractivity contribution in [2.75, 3.05) is 18.4 Å². The van der Waals surface area contributed by atoms with Gasteiger partial charge in [0.25, 0.3) is 0 Å². The molecule has 2 N–H and O–H groups in total. The summed E-state index contributed by atoms with van der Waals surface area (Å²) in [6.45, 7) is 0.483. The average Bonchev–Trinajstić information content (AvgIpc) is 3.29. The van der Waals surface area contributed by atoms with Crippen LogP contribution in [0, 0.1) is 0 Å². The van der Waals surface area contributed by atoms with Gasteiger partial charge in [0, 0.05) is 24.8 Å². The molecule has 156 valence electrons. The number of nitrogens with zero attached hydrogens (tertiary/aromatic N) is 2. The molecule has 0 unspecified atom stereocenters. The number of thiazole rings is 1. The summed E-state index contributed by atoms with van der Waals surface area (Å²) in [6, 6.07) is 4.55. The molecule has 0 radical (unpaired) electrons. The minimum atomic E-state index is -4.52. The normalized spacial score (nSPS) is 16.7. The molecule has 0 saturated carbocycles. The zero-order valence-corrected chi connectivity index (χ0v) is 15.9. The lowest BCUT2D eigenvalue weighted by atomic mass is 10.2. The highest BCUT2D eigenvalue weighted by molar-refractivity contribution is 7.13. The molecule has 3 rings (SSSR count). The number of aliphatic carboxylic acids is 1. The van der Waals surface area contributed by atoms with E-state index in [0.29, 0.717) is 23.8 Å². The van der Waals surface area contributed by atoms with E-state index in [4.69, 9.17) is 9.84 Å². The Kier molecular flexibility index (Phi) is 6.26. The van der Waals surface area contributed by atoms with Gasteiger partial charge in [-0.3, -0.25) is 10.1 Å². The fourth-order valence-corrected chi connectivity index (χ4v) is 3.61. The maximum Gasteiger partial charge on any atom is 0.419 e. The number of hydrogen-bond donors (Lipinski definition) is 2. The fraction of sp³-hybridized carbons (Fsp3) is 0.389. The molecule has 0 spiro atoms. The van der Waals surface area contributed by atoms with Crippen molar-refractivity contribution in [1.29, 1.82) is 0 Å². The molecular weight excluding hydrogens is 411 g/mol. The van der Waals surface area contributed by atoms with Gasteiger partial charge >= 0.3 is 18.2 Å². The Morgan fingerprint density at radius 3 is 2.83 bits per heavy atom. The van der Waals surface area contributed by atoms with Gasteiger partial charge in [-0.05, 0) is 12.1 Å². The zero-order valence-electron chi connectivity index (χ0n) is 15.1. The Balaban J connectivity index is 1.55. The van der Waals surface area contributed by atoms with E-state index in [0.717, 1.165) is 6.07 Å². The third-order valence-electron chi connectivity index (χ3n) is 4.28. The van der Waals surface area contributed by atoms with Crippen LogP contribution in [-0.4, -0.2) is 46.2 Å². The molecule has 0 aliphatic carbocycles. The van der Waals surface area contributed by atoms with Crippen molar-refractivity contribution >= 4 is 28.5 Å². The molecule has 1 fully saturated rings. The standard InChI is InChI=1S/C18H18F3N3O4S/c19-18(20,21)13-3-1-2-4-14(13)28-12-7-8-24(9-12)17(27)23-16-22-11(10-29-16)5-6-15(25)26/h1-4,10,12H,5-9H2,(H,25,26)(H,22,23,27)/t12-/m0/s1. The number of aromatic nitrogens is 1. The van der Waals surface area contributed by atoms with Crippen LogP contribution in [0.1, 0.15) is 24.1 Å². The molecule has 29 heavy (non-hydrogen) atoms. The molecule has 1 atom stereocenters. The summed E-state index contributed by atoms with van der Waals surface area (Å²) in [6.07, 6.45) is -4.45. The quantitative estimate of drug-likeness (QED) is 0.728. The van der Waals surface area contributed by atoms with Crippen LogP contribution in [0.25, 0.3) is 0 Å². The van der Waals surface area contributed by atoms with Crippen molar-refractivity contribution in [2.24, 2.45) is 0 Å². The summed E-state index contributed by atoms with van der Waals surface area (Å²) in [4.78, 5) is 28.6. The second kappa shape index (κ2) is 8.68. The van der Waals surface area contributed by atoms with E-state index in [-0.39, 0.29) is 25.1 Å². The molecule has 2 amide bonds. The Morgan fingerprint density at radius 2 is 2.10 bits per heavy atom. The highest BCUT2D eigenvalue weighted by Gasteiger charge is 2.36. The summed E-state index contributed by atoms with van der Waals surface area (Å²) < 4.78 is 44.7. The second-order valence-corrected chi connectivity index (χ2v) is 7.29. The monoisotopic (exact) mass is 429 g/mol. The highest BCUT2D eigenvalue weighted by atomic mass is 32.1. The lowest BCUT2D eigenvalue weighted by Crippen LogP contribution is -2.34. The van der Waals surface area contributed by atoms with Crippen molar-refractivity contribution in [2.45, 2.75) is 31.5 Å². The van der Waals surface area contributed by atoms with E-state index in [1.54, 1.807) is 5.38 Å². The Hall–Kier alpha value is -2.82. The first kappa shape index (κ1) is 20.9. The molecule has 7 nitrogen and oxygen atoms in total. The predicted octanol–water partition coefficient (Wildman–Crippen LogP) is 3.86. The van der Waals surface area contributed by atoms with Crippen molar-refractivity contribution in [1.82, 2.24) is 9.88 Å². The Bertz CT molecular complexity index is 887. The number of alkyl halides is 3. The third kappa shape index (κ3) is 5.59. The summed E-state index contributed by atoms with van der Waals surface area (Å²) in [5, 5.41) is 13.3. The predicted molar refractivity (Wildman–Crippen MR) is 99.1 cm³/mol. The van der Waals surface area contributed by atoms with Gasteiger partial charge in [0.1, 0.15) is 11.9 Å². The number of hydrogen-bond acceptors (Lipinski definition) is 5. The van der Waals surface area contributed by atoms with E-state index in [9.17, 15) is 22.8 Å². The molecule has 1 aromatic heterocycles. The van der Waals surface area contributed by atoms with E-state index < -0.39 is 29.8 Å². The van der Waals surface area contributed by atoms with Crippen LogP contribution in [0.4, 0.5) is 23.1 Å². The molecule has 1 aliphatic heterocycles. The molecule has 2 aromatic rings. The van der Waals surface area contributed by atoms with Gasteiger partial charge in [0.05, 0.1) is 24.2 Å². The SMILES string of the molecule is O=C(O)CCc1csc(NC(=O)N2CC[C@H](Oc3ccccc3C(F)(F)F)C2)n1. The second-order valence-electron chi connectivity index (χ2n) is 6.44. The van der Waals surface area contributed by atoms with Crippen LogP contribution in [0.5, 0.6) is 5.75 Å². The van der Waals surface area contributed by atoms with Crippen molar-refractivity contribution in [3.8, 4) is 5.75 Å². The first-order valence-corrected chi connectivity index (χ1v) is 9.65. The van der Waals surface area contributed by atoms with Crippen LogP contribution < -0.4 is 10.1 Å². The summed E-state index contributed by atoms with van der Waals surface area (Å²) in [5.74, 6) is -1.19. The number of ether oxygens (including phenoxy) is 1. The minimum absolute atomic E-state index is 0.0539. The largest absolute Gasteiger partial charge is 0.488 e. The highest BCUT2D eigenvalue weighted by Crippen LogP contribution is 2.36. The smallest absolute Gasteiger partial charge is 0.419 e. The van der Waals surface area contributed by atoms with E-state index >= 15 is 0 Å². The number of rotatable bonds is 6. The van der Waals surface area contributed by atoms with E-state index in [1.165, 1.54) is 34.4 Å². The first-order valence-electron chi connectivity index (χ1n) is 8.77. The number of nitrogens with one attached hydrogen (secondary N) is 1. The van der Waals surface area contributed by atoms with Gasteiger partial charge in [-0.25, -0.2) is 9.78 Å². The topological polar surface area (TPSA) is 91.8 Å². The molecule has 1 saturated heterocycles. The number of aryl methyl sites for hydroxylation is 1. The van der Waals surface area contributed by atoms with Crippen molar-refractivity contribution < 1.29 is 32.6 Å². The first-order chi connectivity index (χ1) is 13.7. The van der Waals surface area contributed by atoms with Gasteiger partial charge in [-0.1, -0.05) is 12.1 Å². The Morgan fingerprint density at radius 1 is 1.34 bits per heavy atom. The van der Waals surface area contributed by atoms with E-state index in [1.807, 2.05) is 0 Å². The average molecular weight is 429 g/mol. The van der Waals surface area contributed by atoms with Crippen LogP contribution in [0.3, 0.4) is 0 Å². The number of halogens is 3. The number of benzene rings is 1. The van der Waals surface area contributed by atoms with Gasteiger partial charge in [-0.2, -0.15) is 13.2 Å². The van der Waals surface area contributed by atoms with E-state index in [2.05, 4.69) is 10.3 Å². The third-order valence-corrected chi connectivity index (χ3v) is 5.09. The number of likely N-dealkylation sites (tertiary alicyclic amines) is 1. The van der Waals surface area contributed by atoms with Crippen LogP contribution in [-0.2, 0) is 17.4 Å². The number of amides is 2.